The van der Waals surface area contributed by atoms with Crippen LogP contribution in [0, 0.1) is 11.8 Å². The maximum Gasteiger partial charge on any atom is 0.406 e. The van der Waals surface area contributed by atoms with Gasteiger partial charge in [-0.1, -0.05) is 24.8 Å². The van der Waals surface area contributed by atoms with Crippen molar-refractivity contribution in [3.63, 3.8) is 0 Å². The second-order valence-corrected chi connectivity index (χ2v) is 10.1. The number of methoxy groups -OCH3 is 1. The van der Waals surface area contributed by atoms with E-state index in [4.69, 9.17) is 9.84 Å². The minimum absolute atomic E-state index is 0. The van der Waals surface area contributed by atoms with Gasteiger partial charge in [0.25, 0.3) is 0 Å². The molecular weight excluding hydrogens is 616 g/mol. The summed E-state index contributed by atoms with van der Waals surface area (Å²) >= 11 is 1.60. The first-order chi connectivity index (χ1) is 18.8. The summed E-state index contributed by atoms with van der Waals surface area (Å²) in [7, 11) is 1.59. The molecule has 7 nitrogen and oxygen atoms in total. The smallest absolute Gasteiger partial charge is 0.406 e. The first-order valence-electron chi connectivity index (χ1n) is 12.7. The van der Waals surface area contributed by atoms with Crippen molar-refractivity contribution in [1.29, 1.82) is 0 Å². The number of piperidine rings is 1. The number of aromatic nitrogens is 1. The molecule has 213 valence electrons. The number of likely N-dealkylation sites (tertiary alicyclic amines) is 1. The number of thioether (sulfide) groups is 1. The molecule has 0 aliphatic carbocycles. The van der Waals surface area contributed by atoms with E-state index < -0.39 is 12.7 Å². The fraction of sp³-hybridized carbons (Fsp3) is 0.429. The van der Waals surface area contributed by atoms with Crippen LogP contribution < -0.4 is 15.5 Å². The van der Waals surface area contributed by atoms with E-state index in [1.165, 1.54) is 4.57 Å². The largest absolute Gasteiger partial charge is 0.568 e. The van der Waals surface area contributed by atoms with Crippen molar-refractivity contribution >= 4 is 34.0 Å². The molecule has 0 spiro atoms. The Hall–Kier alpha value is -1.94. The Morgan fingerprint density at radius 2 is 1.93 bits per heavy atom. The van der Waals surface area contributed by atoms with Crippen LogP contribution in [0.25, 0.3) is 16.3 Å². The number of β-amino-alcohol motifs (C(OH)–C–C–N with tert-alkyl or cyclic N) is 1. The van der Waals surface area contributed by atoms with Crippen LogP contribution in [0.2, 0.25) is 0 Å². The van der Waals surface area contributed by atoms with Gasteiger partial charge in [-0.05, 0) is 61.7 Å². The van der Waals surface area contributed by atoms with Crippen LogP contribution in [0.5, 0.6) is 5.75 Å². The molecule has 1 fully saturated rings. The van der Waals surface area contributed by atoms with E-state index in [0.717, 1.165) is 36.5 Å². The van der Waals surface area contributed by atoms with E-state index in [0.29, 0.717) is 28.9 Å². The molecule has 0 unspecified atom stereocenters. The van der Waals surface area contributed by atoms with Crippen LogP contribution in [0.3, 0.4) is 0 Å². The zero-order chi connectivity index (χ0) is 27.8. The third-order valence-electron chi connectivity index (χ3n) is 6.62. The van der Waals surface area contributed by atoms with Crippen molar-refractivity contribution in [2.24, 2.45) is 0 Å². The number of aliphatic hydroxyl groups excluding tert-OH is 1. The van der Waals surface area contributed by atoms with Crippen LogP contribution in [0.15, 0.2) is 47.4 Å². The Morgan fingerprint density at radius 3 is 2.60 bits per heavy atom. The van der Waals surface area contributed by atoms with Gasteiger partial charge in [0.2, 0.25) is 0 Å². The summed E-state index contributed by atoms with van der Waals surface area (Å²) in [6.07, 6.45) is -0.714. The molecule has 1 radical (unpaired) electrons. The standard InChI is InChI=1S/C28H33F3N5O2S.Y/c1-38-27-18-22(39-2)8-9-25(27)32-12-4-5-21-17-23-24(6-3-7-26(23)36(21)19-28(29,30)31)34-33-20-10-13-35(14-11-20)15-16-37;/h3,6-9,17-18,20,32,34,37H,10-16,19H2,1-2H3;/q-1;. The second-order valence-electron chi connectivity index (χ2n) is 9.23. The van der Waals surface area contributed by atoms with Gasteiger partial charge in [0.1, 0.15) is 12.3 Å². The molecule has 12 heteroatoms. The van der Waals surface area contributed by atoms with Crippen molar-refractivity contribution in [1.82, 2.24) is 9.47 Å². The summed E-state index contributed by atoms with van der Waals surface area (Å²) in [4.78, 5) is 3.25. The predicted octanol–water partition coefficient (Wildman–Crippen LogP) is 5.55. The number of ether oxygens (including phenoxy) is 1. The van der Waals surface area contributed by atoms with Gasteiger partial charge in [0, 0.05) is 55.2 Å². The maximum absolute atomic E-state index is 13.5. The number of hydrogen-bond donors (Lipinski definition) is 3. The number of alkyl halides is 3. The van der Waals surface area contributed by atoms with Gasteiger partial charge in [0.15, 0.2) is 0 Å². The molecule has 2 heterocycles. The monoisotopic (exact) mass is 649 g/mol. The van der Waals surface area contributed by atoms with Crippen molar-refractivity contribution < 1.29 is 55.7 Å². The molecule has 1 aliphatic heterocycles. The molecule has 1 aromatic heterocycles. The van der Waals surface area contributed by atoms with Gasteiger partial charge in [-0.2, -0.15) is 13.2 Å². The molecule has 0 amide bonds. The van der Waals surface area contributed by atoms with Gasteiger partial charge in [-0.3, -0.25) is 0 Å². The summed E-state index contributed by atoms with van der Waals surface area (Å²) in [6, 6.07) is 12.8. The molecule has 0 bridgehead atoms. The Kier molecular flexibility index (Phi) is 12.5. The number of anilines is 2. The third-order valence-corrected chi connectivity index (χ3v) is 7.34. The van der Waals surface area contributed by atoms with Gasteiger partial charge in [-0.15, -0.1) is 17.8 Å². The molecule has 1 aliphatic rings. The van der Waals surface area contributed by atoms with E-state index in [2.05, 4.69) is 32.9 Å². The number of aliphatic hydroxyl groups is 1. The van der Waals surface area contributed by atoms with Crippen molar-refractivity contribution in [2.75, 3.05) is 56.9 Å². The molecule has 0 atom stereocenters. The van der Waals surface area contributed by atoms with Crippen molar-refractivity contribution in [2.45, 2.75) is 36.5 Å². The minimum Gasteiger partial charge on any atom is -0.568 e. The van der Waals surface area contributed by atoms with E-state index >= 15 is 0 Å². The van der Waals surface area contributed by atoms with Crippen LogP contribution in [0.4, 0.5) is 24.5 Å². The molecule has 1 saturated heterocycles. The molecule has 4 rings (SSSR count). The Morgan fingerprint density at radius 1 is 1.15 bits per heavy atom. The molecule has 0 saturated carbocycles. The molecule has 40 heavy (non-hydrogen) atoms. The van der Waals surface area contributed by atoms with E-state index in [-0.39, 0.29) is 57.6 Å². The van der Waals surface area contributed by atoms with Crippen molar-refractivity contribution in [3.05, 3.63) is 53.6 Å². The number of benzene rings is 2. The van der Waals surface area contributed by atoms with E-state index in [1.807, 2.05) is 30.5 Å². The van der Waals surface area contributed by atoms with Crippen LogP contribution in [0.1, 0.15) is 18.5 Å². The fourth-order valence-corrected chi connectivity index (χ4v) is 5.06. The van der Waals surface area contributed by atoms with Gasteiger partial charge in [0.05, 0.1) is 37.2 Å². The fourth-order valence-electron chi connectivity index (χ4n) is 4.63. The average Bonchev–Trinajstić information content (AvgIpc) is 3.27. The minimum atomic E-state index is -4.40. The zero-order valence-corrected chi connectivity index (χ0v) is 26.2. The Labute approximate surface area is 262 Å². The Bertz CT molecular complexity index is 1320. The average molecular weight is 650 g/mol. The molecule has 3 aromatic rings. The predicted molar refractivity (Wildman–Crippen MR) is 152 cm³/mol. The summed E-state index contributed by atoms with van der Waals surface area (Å²) < 4.78 is 47.2. The number of fused-ring (bicyclic) bond motifs is 1. The van der Waals surface area contributed by atoms with Crippen LogP contribution >= 0.6 is 11.8 Å². The number of nitrogens with zero attached hydrogens (tertiary/aromatic N) is 3. The number of nitrogens with one attached hydrogen (secondary N) is 2. The van der Waals surface area contributed by atoms with Gasteiger partial charge >= 0.3 is 6.18 Å². The SMILES string of the molecule is COc1cc(SC)ccc1NCC#Cc1cc2c(N[N-]C3CCN(CCO)CC3)cccc2n1CC(F)(F)F.[Y]. The van der Waals surface area contributed by atoms with Crippen LogP contribution in [-0.4, -0.2) is 72.9 Å². The maximum atomic E-state index is 13.5. The second kappa shape index (κ2) is 15.3. The number of halogens is 3. The zero-order valence-electron chi connectivity index (χ0n) is 22.6. The summed E-state index contributed by atoms with van der Waals surface area (Å²) in [5.74, 6) is 6.56. The Balaban J connectivity index is 0.00000441. The summed E-state index contributed by atoms with van der Waals surface area (Å²) in [5.41, 5.74) is 9.85. The van der Waals surface area contributed by atoms with Gasteiger partial charge < -0.3 is 35.5 Å². The van der Waals surface area contributed by atoms with E-state index in [9.17, 15) is 13.2 Å². The first kappa shape index (κ1) is 32.6. The number of hydrogen-bond acceptors (Lipinski definition) is 6. The molecule has 3 N–H and O–H groups in total. The first-order valence-corrected chi connectivity index (χ1v) is 14.0. The summed E-state index contributed by atoms with van der Waals surface area (Å²) in [6.45, 7) is 1.59. The third kappa shape index (κ3) is 8.78. The normalized spacial score (nSPS) is 14.3. The quantitative estimate of drug-likeness (QED) is 0.152. The topological polar surface area (TPSA) is 75.8 Å². The van der Waals surface area contributed by atoms with E-state index in [1.54, 1.807) is 37.1 Å². The molecular formula is C28H33F3N5O2SY-. The summed E-state index contributed by atoms with van der Waals surface area (Å²) in [5, 5.41) is 12.9. The van der Waals surface area contributed by atoms with Gasteiger partial charge in [-0.25, -0.2) is 0 Å². The molecule has 2 aromatic carbocycles. The number of rotatable bonds is 10. The van der Waals surface area contributed by atoms with Crippen molar-refractivity contribution in [3.8, 4) is 17.6 Å². The van der Waals surface area contributed by atoms with Crippen LogP contribution in [-0.2, 0) is 39.3 Å².